The van der Waals surface area contributed by atoms with Gasteiger partial charge in [0.25, 0.3) is 0 Å². The van der Waals surface area contributed by atoms with Crippen LogP contribution >= 0.6 is 0 Å². The molecule has 1 N–H and O–H groups in total. The van der Waals surface area contributed by atoms with Gasteiger partial charge < -0.3 is 5.32 Å². The zero-order valence-corrected chi connectivity index (χ0v) is 11.5. The predicted molar refractivity (Wildman–Crippen MR) is 77.9 cm³/mol. The van der Waals surface area contributed by atoms with E-state index in [9.17, 15) is 0 Å². The normalized spacial score (nSPS) is 14.6. The van der Waals surface area contributed by atoms with Crippen molar-refractivity contribution < 1.29 is 0 Å². The molecule has 0 saturated heterocycles. The fraction of sp³-hybridized carbons (Fsp3) is 0.438. The largest absolute Gasteiger partial charge is 0.314 e. The fourth-order valence-electron chi connectivity index (χ4n) is 2.63. The van der Waals surface area contributed by atoms with E-state index in [2.05, 4.69) is 61.4 Å². The molecule has 0 saturated carbocycles. The van der Waals surface area contributed by atoms with E-state index in [1.807, 2.05) is 6.20 Å². The van der Waals surface area contributed by atoms with Gasteiger partial charge in [-0.05, 0) is 24.4 Å². The molecule has 2 nitrogen and oxygen atoms in total. The van der Waals surface area contributed by atoms with Gasteiger partial charge in [0.15, 0.2) is 0 Å². The van der Waals surface area contributed by atoms with E-state index < -0.39 is 0 Å². The van der Waals surface area contributed by atoms with Crippen LogP contribution in [-0.4, -0.2) is 17.6 Å². The maximum atomic E-state index is 4.62. The van der Waals surface area contributed by atoms with Crippen LogP contribution in [0.4, 0.5) is 0 Å². The van der Waals surface area contributed by atoms with Gasteiger partial charge in [0, 0.05) is 23.5 Å². The summed E-state index contributed by atoms with van der Waals surface area (Å²) in [5.74, 6) is 0.432. The summed E-state index contributed by atoms with van der Waals surface area (Å²) >= 11 is 0. The molecule has 2 aromatic rings. The van der Waals surface area contributed by atoms with Crippen molar-refractivity contribution in [2.24, 2.45) is 0 Å². The SMILES string of the molecule is CCNC(CC)C(C)c1nccc2ccccc12. The van der Waals surface area contributed by atoms with Crippen LogP contribution in [0.2, 0.25) is 0 Å². The highest BCUT2D eigenvalue weighted by atomic mass is 14.9. The molecule has 0 amide bonds. The summed E-state index contributed by atoms with van der Waals surface area (Å²) in [7, 11) is 0. The van der Waals surface area contributed by atoms with E-state index in [-0.39, 0.29) is 0 Å². The molecule has 18 heavy (non-hydrogen) atoms. The van der Waals surface area contributed by atoms with Crippen molar-refractivity contribution in [3.63, 3.8) is 0 Å². The Balaban J connectivity index is 2.40. The molecule has 0 aliphatic rings. The second-order valence-corrected chi connectivity index (χ2v) is 4.78. The summed E-state index contributed by atoms with van der Waals surface area (Å²) in [6.45, 7) is 7.67. The van der Waals surface area contributed by atoms with E-state index in [1.165, 1.54) is 16.5 Å². The van der Waals surface area contributed by atoms with Gasteiger partial charge in [-0.25, -0.2) is 0 Å². The van der Waals surface area contributed by atoms with E-state index in [0.717, 1.165) is 13.0 Å². The molecule has 0 bridgehead atoms. The van der Waals surface area contributed by atoms with E-state index in [0.29, 0.717) is 12.0 Å². The minimum Gasteiger partial charge on any atom is -0.314 e. The van der Waals surface area contributed by atoms with Crippen molar-refractivity contribution in [1.29, 1.82) is 0 Å². The molecule has 1 aromatic carbocycles. The monoisotopic (exact) mass is 242 g/mol. The van der Waals surface area contributed by atoms with Crippen LogP contribution in [0.1, 0.15) is 38.8 Å². The zero-order chi connectivity index (χ0) is 13.0. The Bertz CT molecular complexity index is 502. The molecule has 1 aromatic heterocycles. The maximum Gasteiger partial charge on any atom is 0.0525 e. The van der Waals surface area contributed by atoms with E-state index in [4.69, 9.17) is 0 Å². The summed E-state index contributed by atoms with van der Waals surface area (Å²) in [6.07, 6.45) is 3.05. The van der Waals surface area contributed by atoms with Crippen LogP contribution in [0.15, 0.2) is 36.5 Å². The van der Waals surface area contributed by atoms with Crippen molar-refractivity contribution >= 4 is 10.8 Å². The number of hydrogen-bond acceptors (Lipinski definition) is 2. The molecule has 2 rings (SSSR count). The van der Waals surface area contributed by atoms with Gasteiger partial charge in [0.2, 0.25) is 0 Å². The molecular formula is C16H22N2. The van der Waals surface area contributed by atoms with Crippen LogP contribution in [0.3, 0.4) is 0 Å². The highest BCUT2D eigenvalue weighted by molar-refractivity contribution is 5.84. The summed E-state index contributed by atoms with van der Waals surface area (Å²) in [5.41, 5.74) is 1.21. The third kappa shape index (κ3) is 2.54. The fourth-order valence-corrected chi connectivity index (χ4v) is 2.63. The Morgan fingerprint density at radius 1 is 1.17 bits per heavy atom. The Morgan fingerprint density at radius 3 is 2.67 bits per heavy atom. The molecule has 0 radical (unpaired) electrons. The lowest BCUT2D eigenvalue weighted by Crippen LogP contribution is -2.33. The number of hydrogen-bond donors (Lipinski definition) is 1. The minimum absolute atomic E-state index is 0.432. The zero-order valence-electron chi connectivity index (χ0n) is 11.5. The van der Waals surface area contributed by atoms with Gasteiger partial charge in [-0.1, -0.05) is 45.0 Å². The maximum absolute atomic E-state index is 4.62. The number of pyridine rings is 1. The predicted octanol–water partition coefficient (Wildman–Crippen LogP) is 3.73. The number of likely N-dealkylation sites (N-methyl/N-ethyl adjacent to an activating group) is 1. The van der Waals surface area contributed by atoms with Crippen molar-refractivity contribution in [2.45, 2.75) is 39.2 Å². The topological polar surface area (TPSA) is 24.9 Å². The molecule has 0 aliphatic heterocycles. The van der Waals surface area contributed by atoms with Crippen LogP contribution in [-0.2, 0) is 0 Å². The number of fused-ring (bicyclic) bond motifs is 1. The van der Waals surface area contributed by atoms with Gasteiger partial charge in [-0.15, -0.1) is 0 Å². The second-order valence-electron chi connectivity index (χ2n) is 4.78. The van der Waals surface area contributed by atoms with Gasteiger partial charge in [0.05, 0.1) is 5.69 Å². The highest BCUT2D eigenvalue weighted by Crippen LogP contribution is 2.26. The Morgan fingerprint density at radius 2 is 1.94 bits per heavy atom. The molecular weight excluding hydrogens is 220 g/mol. The first-order valence-corrected chi connectivity index (χ1v) is 6.85. The standard InChI is InChI=1S/C16H22N2/c1-4-15(17-5-2)12(3)16-14-9-7-6-8-13(14)10-11-18-16/h6-12,15,17H,4-5H2,1-3H3. The summed E-state index contributed by atoms with van der Waals surface area (Å²) in [6, 6.07) is 11.1. The third-order valence-electron chi connectivity index (χ3n) is 3.65. The Labute approximate surface area is 109 Å². The number of aromatic nitrogens is 1. The molecule has 0 fully saturated rings. The van der Waals surface area contributed by atoms with Gasteiger partial charge in [0.1, 0.15) is 0 Å². The minimum atomic E-state index is 0.432. The average molecular weight is 242 g/mol. The smallest absolute Gasteiger partial charge is 0.0525 e. The molecule has 2 unspecified atom stereocenters. The van der Waals surface area contributed by atoms with E-state index >= 15 is 0 Å². The average Bonchev–Trinajstić information content (AvgIpc) is 2.43. The second kappa shape index (κ2) is 5.96. The van der Waals surface area contributed by atoms with Crippen molar-refractivity contribution in [2.75, 3.05) is 6.54 Å². The lowest BCUT2D eigenvalue weighted by atomic mass is 9.92. The van der Waals surface area contributed by atoms with Gasteiger partial charge in [-0.2, -0.15) is 0 Å². The molecule has 1 heterocycles. The first kappa shape index (κ1) is 13.0. The van der Waals surface area contributed by atoms with Gasteiger partial charge >= 0.3 is 0 Å². The Hall–Kier alpha value is -1.41. The first-order valence-electron chi connectivity index (χ1n) is 6.85. The quantitative estimate of drug-likeness (QED) is 0.864. The summed E-state index contributed by atoms with van der Waals surface area (Å²) in [4.78, 5) is 4.62. The van der Waals surface area contributed by atoms with Crippen LogP contribution in [0.25, 0.3) is 10.8 Å². The number of nitrogens with zero attached hydrogens (tertiary/aromatic N) is 1. The number of benzene rings is 1. The van der Waals surface area contributed by atoms with Crippen LogP contribution < -0.4 is 5.32 Å². The summed E-state index contributed by atoms with van der Waals surface area (Å²) < 4.78 is 0. The third-order valence-corrected chi connectivity index (χ3v) is 3.65. The Kier molecular flexibility index (Phi) is 4.32. The number of nitrogens with one attached hydrogen (secondary N) is 1. The van der Waals surface area contributed by atoms with E-state index in [1.54, 1.807) is 0 Å². The van der Waals surface area contributed by atoms with Crippen LogP contribution in [0.5, 0.6) is 0 Å². The lowest BCUT2D eigenvalue weighted by molar-refractivity contribution is 0.445. The van der Waals surface area contributed by atoms with Crippen molar-refractivity contribution in [3.05, 3.63) is 42.2 Å². The summed E-state index contributed by atoms with van der Waals surface area (Å²) in [5, 5.41) is 6.12. The molecule has 96 valence electrons. The van der Waals surface area contributed by atoms with Crippen molar-refractivity contribution in [3.8, 4) is 0 Å². The number of rotatable bonds is 5. The molecule has 2 heteroatoms. The molecule has 0 aliphatic carbocycles. The first-order chi connectivity index (χ1) is 8.77. The molecule has 0 spiro atoms. The highest BCUT2D eigenvalue weighted by Gasteiger charge is 2.19. The van der Waals surface area contributed by atoms with Crippen LogP contribution in [0, 0.1) is 0 Å². The van der Waals surface area contributed by atoms with Gasteiger partial charge in [-0.3, -0.25) is 4.98 Å². The molecule has 2 atom stereocenters. The van der Waals surface area contributed by atoms with Crippen molar-refractivity contribution in [1.82, 2.24) is 10.3 Å². The lowest BCUT2D eigenvalue weighted by Gasteiger charge is -2.24.